The predicted octanol–water partition coefficient (Wildman–Crippen LogP) is 2.59. The van der Waals surface area contributed by atoms with Gasteiger partial charge in [-0.25, -0.2) is 13.1 Å². The number of halogens is 1. The van der Waals surface area contributed by atoms with Crippen molar-refractivity contribution in [3.63, 3.8) is 0 Å². The van der Waals surface area contributed by atoms with Crippen LogP contribution < -0.4 is 4.72 Å². The van der Waals surface area contributed by atoms with Gasteiger partial charge in [0.1, 0.15) is 17.2 Å². The predicted molar refractivity (Wildman–Crippen MR) is 106 cm³/mol. The number of nitrogens with zero attached hydrogens (tertiary/aromatic N) is 1. The molecule has 1 unspecified atom stereocenters. The topological polar surface area (TPSA) is 115 Å². The average Bonchev–Trinajstić information content (AvgIpc) is 3.24. The van der Waals surface area contributed by atoms with E-state index < -0.39 is 27.7 Å². The summed E-state index contributed by atoms with van der Waals surface area (Å²) < 4.78 is 37.2. The molecular formula is C19H17ClN2O6S. The molecule has 8 nitrogen and oxygen atoms in total. The fourth-order valence-electron chi connectivity index (χ4n) is 2.71. The lowest BCUT2D eigenvalue weighted by molar-refractivity contribution is -0.145. The van der Waals surface area contributed by atoms with Gasteiger partial charge in [-0.2, -0.15) is 0 Å². The molecule has 0 fully saturated rings. The monoisotopic (exact) mass is 436 g/mol. The number of sulfonamides is 1. The van der Waals surface area contributed by atoms with Crippen molar-refractivity contribution in [3.8, 4) is 0 Å². The quantitative estimate of drug-likeness (QED) is 0.422. The first-order chi connectivity index (χ1) is 13.7. The van der Waals surface area contributed by atoms with Crippen LogP contribution in [-0.4, -0.2) is 33.0 Å². The van der Waals surface area contributed by atoms with Crippen LogP contribution >= 0.6 is 11.6 Å². The van der Waals surface area contributed by atoms with Gasteiger partial charge in [-0.1, -0.05) is 11.6 Å². The Labute approximate surface area is 172 Å². The number of rotatable bonds is 6. The van der Waals surface area contributed by atoms with Crippen molar-refractivity contribution >= 4 is 45.2 Å². The zero-order valence-electron chi connectivity index (χ0n) is 15.5. The average molecular weight is 437 g/mol. The molecule has 2 heterocycles. The van der Waals surface area contributed by atoms with Crippen LogP contribution in [0.1, 0.15) is 18.4 Å². The van der Waals surface area contributed by atoms with E-state index >= 15 is 0 Å². The molecule has 3 rings (SSSR count). The zero-order valence-corrected chi connectivity index (χ0v) is 17.1. The summed E-state index contributed by atoms with van der Waals surface area (Å²) in [6, 6.07) is 8.90. The number of methoxy groups -OCH3 is 1. The number of nitrogens with one attached hydrogen (secondary N) is 1. The van der Waals surface area contributed by atoms with E-state index in [4.69, 9.17) is 16.0 Å². The SMILES string of the molecule is COC(=O)C1C(=O)C(=Cc2ccc(CNS(=O)(=O)c3ccc(Cl)cc3)o2)N=C1C. The molecule has 1 aliphatic heterocycles. The Kier molecular flexibility index (Phi) is 6.02. The summed E-state index contributed by atoms with van der Waals surface area (Å²) in [5.41, 5.74) is 0.413. The van der Waals surface area contributed by atoms with Crippen LogP contribution in [0.25, 0.3) is 6.08 Å². The lowest BCUT2D eigenvalue weighted by Gasteiger charge is -2.05. The van der Waals surface area contributed by atoms with Gasteiger partial charge in [0.25, 0.3) is 0 Å². The number of carbonyl (C=O) groups is 2. The van der Waals surface area contributed by atoms with E-state index in [0.717, 1.165) is 0 Å². The first-order valence-corrected chi connectivity index (χ1v) is 10.3. The first kappa shape index (κ1) is 21.0. The second kappa shape index (κ2) is 8.32. The highest BCUT2D eigenvalue weighted by Crippen LogP contribution is 2.24. The Morgan fingerprint density at radius 1 is 1.28 bits per heavy atom. The summed E-state index contributed by atoms with van der Waals surface area (Å²) in [6.07, 6.45) is 1.39. The molecule has 1 aromatic carbocycles. The molecule has 1 N–H and O–H groups in total. The van der Waals surface area contributed by atoms with Crippen LogP contribution in [0.15, 0.2) is 56.4 Å². The Morgan fingerprint density at radius 2 is 1.97 bits per heavy atom. The van der Waals surface area contributed by atoms with Crippen molar-refractivity contribution in [2.45, 2.75) is 18.4 Å². The number of benzene rings is 1. The highest BCUT2D eigenvalue weighted by atomic mass is 35.5. The number of ether oxygens (including phenoxy) is 1. The number of hydrogen-bond donors (Lipinski definition) is 1. The summed E-state index contributed by atoms with van der Waals surface area (Å²) >= 11 is 5.77. The van der Waals surface area contributed by atoms with Crippen molar-refractivity contribution in [3.05, 3.63) is 58.6 Å². The molecule has 2 aromatic rings. The van der Waals surface area contributed by atoms with Crippen LogP contribution in [0.4, 0.5) is 0 Å². The van der Waals surface area contributed by atoms with Crippen LogP contribution in [0, 0.1) is 5.92 Å². The fraction of sp³-hybridized carbons (Fsp3) is 0.211. The van der Waals surface area contributed by atoms with Crippen molar-refractivity contribution in [1.82, 2.24) is 4.72 Å². The van der Waals surface area contributed by atoms with Crippen LogP contribution in [0.3, 0.4) is 0 Å². The number of carbonyl (C=O) groups excluding carboxylic acids is 2. The van der Waals surface area contributed by atoms with Gasteiger partial charge in [-0.05, 0) is 43.3 Å². The molecule has 0 aliphatic carbocycles. The molecular weight excluding hydrogens is 420 g/mol. The van der Waals surface area contributed by atoms with Crippen molar-refractivity contribution in [1.29, 1.82) is 0 Å². The van der Waals surface area contributed by atoms with Gasteiger partial charge in [0.15, 0.2) is 5.92 Å². The standard InChI is InChI=1S/C19H17ClN2O6S/c1-11-17(19(24)27-2)18(23)16(22-11)9-13-5-6-14(28-13)10-21-29(25,26)15-7-3-12(20)4-8-15/h3-9,17,21H,10H2,1-2H3. The molecule has 0 bridgehead atoms. The van der Waals surface area contributed by atoms with E-state index in [-0.39, 0.29) is 17.1 Å². The third-order valence-electron chi connectivity index (χ3n) is 4.19. The number of allylic oxidation sites excluding steroid dienone is 1. The molecule has 10 heteroatoms. The normalized spacial score (nSPS) is 18.2. The smallest absolute Gasteiger partial charge is 0.322 e. The van der Waals surface area contributed by atoms with E-state index in [9.17, 15) is 18.0 Å². The summed E-state index contributed by atoms with van der Waals surface area (Å²) in [6.45, 7) is 1.48. The minimum absolute atomic E-state index is 0.0699. The number of esters is 1. The third-order valence-corrected chi connectivity index (χ3v) is 5.86. The Bertz CT molecular complexity index is 1120. The molecule has 1 aliphatic rings. The lowest BCUT2D eigenvalue weighted by atomic mass is 10.0. The molecule has 0 amide bonds. The largest absolute Gasteiger partial charge is 0.468 e. The van der Waals surface area contributed by atoms with E-state index in [1.807, 2.05) is 0 Å². The first-order valence-electron chi connectivity index (χ1n) is 8.44. The maximum Gasteiger partial charge on any atom is 0.322 e. The fourth-order valence-corrected chi connectivity index (χ4v) is 3.83. The summed E-state index contributed by atoms with van der Waals surface area (Å²) in [5.74, 6) is -1.56. The summed E-state index contributed by atoms with van der Waals surface area (Å²) in [4.78, 5) is 28.2. The molecule has 152 valence electrons. The van der Waals surface area contributed by atoms with Crippen LogP contribution in [-0.2, 0) is 30.9 Å². The highest BCUT2D eigenvalue weighted by Gasteiger charge is 2.37. The summed E-state index contributed by atoms with van der Waals surface area (Å²) in [7, 11) is -2.53. The van der Waals surface area contributed by atoms with Gasteiger partial charge >= 0.3 is 5.97 Å². The van der Waals surface area contributed by atoms with Gasteiger partial charge in [0, 0.05) is 16.8 Å². The molecule has 0 spiro atoms. The zero-order chi connectivity index (χ0) is 21.2. The molecule has 0 saturated heterocycles. The van der Waals surface area contributed by atoms with Gasteiger partial charge in [0.2, 0.25) is 15.8 Å². The van der Waals surface area contributed by atoms with Crippen LogP contribution in [0.5, 0.6) is 0 Å². The number of Topliss-reactive ketones (excluding diaryl/α,β-unsaturated/α-hetero) is 1. The van der Waals surface area contributed by atoms with Crippen molar-refractivity contribution in [2.24, 2.45) is 10.9 Å². The number of ketones is 1. The van der Waals surface area contributed by atoms with Crippen LogP contribution in [0.2, 0.25) is 5.02 Å². The minimum Gasteiger partial charge on any atom is -0.468 e. The lowest BCUT2D eigenvalue weighted by Crippen LogP contribution is -2.27. The maximum absolute atomic E-state index is 12.3. The molecule has 1 aromatic heterocycles. The number of aliphatic imine (C=N–C) groups is 1. The highest BCUT2D eigenvalue weighted by molar-refractivity contribution is 7.89. The molecule has 29 heavy (non-hydrogen) atoms. The van der Waals surface area contributed by atoms with Gasteiger partial charge < -0.3 is 9.15 Å². The summed E-state index contributed by atoms with van der Waals surface area (Å²) in [5, 5.41) is 0.432. The van der Waals surface area contributed by atoms with Gasteiger partial charge in [-0.3, -0.25) is 14.6 Å². The van der Waals surface area contributed by atoms with E-state index in [0.29, 0.717) is 22.3 Å². The molecule has 0 saturated carbocycles. The third kappa shape index (κ3) is 4.64. The Hall–Kier alpha value is -2.75. The second-order valence-electron chi connectivity index (χ2n) is 6.19. The van der Waals surface area contributed by atoms with Gasteiger partial charge in [-0.15, -0.1) is 0 Å². The maximum atomic E-state index is 12.3. The van der Waals surface area contributed by atoms with Gasteiger partial charge in [0.05, 0.1) is 18.6 Å². The van der Waals surface area contributed by atoms with E-state index in [1.54, 1.807) is 19.1 Å². The number of hydrogen-bond acceptors (Lipinski definition) is 7. The minimum atomic E-state index is -3.74. The Morgan fingerprint density at radius 3 is 2.62 bits per heavy atom. The van der Waals surface area contributed by atoms with E-state index in [2.05, 4.69) is 14.5 Å². The molecule has 0 radical (unpaired) electrons. The molecule has 1 atom stereocenters. The Balaban J connectivity index is 1.70. The van der Waals surface area contributed by atoms with Crippen molar-refractivity contribution in [2.75, 3.05) is 7.11 Å². The number of furan rings is 1. The second-order valence-corrected chi connectivity index (χ2v) is 8.39. The van der Waals surface area contributed by atoms with E-state index in [1.165, 1.54) is 37.5 Å². The van der Waals surface area contributed by atoms with Crippen molar-refractivity contribution < 1.29 is 27.2 Å².